The average molecular weight is 440 g/mol. The molecule has 0 fully saturated rings. The topological polar surface area (TPSA) is 73.2 Å². The summed E-state index contributed by atoms with van der Waals surface area (Å²) in [5.74, 6) is -0.271. The fourth-order valence-electron chi connectivity index (χ4n) is 2.96. The van der Waals surface area contributed by atoms with Gasteiger partial charge in [-0.1, -0.05) is 47.2 Å². The van der Waals surface area contributed by atoms with Crippen molar-refractivity contribution in [2.45, 2.75) is 13.5 Å². The highest BCUT2D eigenvalue weighted by Crippen LogP contribution is 2.27. The number of anilines is 1. The predicted octanol–water partition coefficient (Wildman–Crippen LogP) is 4.79. The van der Waals surface area contributed by atoms with Crippen LogP contribution in [0.4, 0.5) is 5.13 Å². The first-order valence-electron chi connectivity index (χ1n) is 9.16. The predicted molar refractivity (Wildman–Crippen MR) is 120 cm³/mol. The number of hydrogen-bond acceptors (Lipinski definition) is 5. The number of hydrogen-bond donors (Lipinski definition) is 1. The molecule has 4 rings (SSSR count). The quantitative estimate of drug-likeness (QED) is 0.485. The van der Waals surface area contributed by atoms with E-state index in [1.54, 1.807) is 17.7 Å². The SMILES string of the molecule is Cc1ccc2nc(NC(=O)c3cc(=O)c(OCc4ccccc4Cl)cn3C)sc2c1. The number of ether oxygens (including phenoxy) is 1. The van der Waals surface area contributed by atoms with Gasteiger partial charge in [-0.05, 0) is 30.7 Å². The molecule has 0 saturated carbocycles. The van der Waals surface area contributed by atoms with Gasteiger partial charge in [0.2, 0.25) is 5.43 Å². The van der Waals surface area contributed by atoms with Crippen molar-refractivity contribution in [3.05, 3.63) is 86.8 Å². The van der Waals surface area contributed by atoms with E-state index >= 15 is 0 Å². The van der Waals surface area contributed by atoms with Crippen molar-refractivity contribution in [3.63, 3.8) is 0 Å². The number of nitrogens with zero attached hydrogens (tertiary/aromatic N) is 2. The zero-order chi connectivity index (χ0) is 21.3. The van der Waals surface area contributed by atoms with Crippen molar-refractivity contribution < 1.29 is 9.53 Å². The second-order valence-corrected chi connectivity index (χ2v) is 8.26. The third kappa shape index (κ3) is 4.22. The number of aromatic nitrogens is 2. The summed E-state index contributed by atoms with van der Waals surface area (Å²) in [6, 6.07) is 14.4. The number of aryl methyl sites for hydroxylation is 2. The number of fused-ring (bicyclic) bond motifs is 1. The lowest BCUT2D eigenvalue weighted by atomic mass is 10.2. The Hall–Kier alpha value is -3.16. The smallest absolute Gasteiger partial charge is 0.274 e. The zero-order valence-corrected chi connectivity index (χ0v) is 17.9. The van der Waals surface area contributed by atoms with Crippen molar-refractivity contribution in [3.8, 4) is 5.75 Å². The highest BCUT2D eigenvalue weighted by Gasteiger charge is 2.15. The monoisotopic (exact) mass is 439 g/mol. The summed E-state index contributed by atoms with van der Waals surface area (Å²) in [7, 11) is 1.68. The van der Waals surface area contributed by atoms with Gasteiger partial charge < -0.3 is 9.30 Å². The summed E-state index contributed by atoms with van der Waals surface area (Å²) in [5.41, 5.74) is 2.54. The van der Waals surface area contributed by atoms with E-state index in [9.17, 15) is 9.59 Å². The highest BCUT2D eigenvalue weighted by molar-refractivity contribution is 7.22. The van der Waals surface area contributed by atoms with Gasteiger partial charge in [0.1, 0.15) is 12.3 Å². The molecule has 0 aliphatic carbocycles. The molecule has 1 N–H and O–H groups in total. The molecular weight excluding hydrogens is 422 g/mol. The molecular formula is C22H18ClN3O3S. The van der Waals surface area contributed by atoms with Gasteiger partial charge in [-0.15, -0.1) is 0 Å². The normalized spacial score (nSPS) is 10.9. The van der Waals surface area contributed by atoms with E-state index in [2.05, 4.69) is 10.3 Å². The minimum atomic E-state index is -0.414. The summed E-state index contributed by atoms with van der Waals surface area (Å²) in [6.45, 7) is 2.16. The first-order valence-corrected chi connectivity index (χ1v) is 10.4. The molecule has 0 aliphatic heterocycles. The van der Waals surface area contributed by atoms with Crippen LogP contribution in [0.25, 0.3) is 10.2 Å². The van der Waals surface area contributed by atoms with Crippen molar-refractivity contribution in [2.24, 2.45) is 7.05 Å². The van der Waals surface area contributed by atoms with E-state index < -0.39 is 5.91 Å². The van der Waals surface area contributed by atoms with E-state index in [4.69, 9.17) is 16.3 Å². The Morgan fingerprint density at radius 1 is 1.23 bits per heavy atom. The summed E-state index contributed by atoms with van der Waals surface area (Å²) >= 11 is 7.51. The van der Waals surface area contributed by atoms with Gasteiger partial charge >= 0.3 is 0 Å². The van der Waals surface area contributed by atoms with Gasteiger partial charge in [0.25, 0.3) is 5.91 Å². The van der Waals surface area contributed by atoms with E-state index in [0.29, 0.717) is 10.2 Å². The number of benzene rings is 2. The van der Waals surface area contributed by atoms with Crippen LogP contribution in [-0.2, 0) is 13.7 Å². The molecule has 0 bridgehead atoms. The molecule has 6 nitrogen and oxygen atoms in total. The Kier molecular flexibility index (Phi) is 5.57. The molecule has 8 heteroatoms. The lowest BCUT2D eigenvalue weighted by Crippen LogP contribution is -2.21. The van der Waals surface area contributed by atoms with Crippen LogP contribution in [0.5, 0.6) is 5.75 Å². The van der Waals surface area contributed by atoms with E-state index in [0.717, 1.165) is 21.3 Å². The van der Waals surface area contributed by atoms with Crippen LogP contribution in [0.3, 0.4) is 0 Å². The maximum Gasteiger partial charge on any atom is 0.274 e. The van der Waals surface area contributed by atoms with Gasteiger partial charge in [-0.25, -0.2) is 4.98 Å². The number of carbonyl (C=O) groups is 1. The van der Waals surface area contributed by atoms with Crippen LogP contribution in [0.15, 0.2) is 59.5 Å². The Morgan fingerprint density at radius 2 is 2.03 bits per heavy atom. The van der Waals surface area contributed by atoms with Gasteiger partial charge in [0, 0.05) is 23.7 Å². The molecule has 0 spiro atoms. The maximum absolute atomic E-state index is 12.7. The summed E-state index contributed by atoms with van der Waals surface area (Å²) in [6.07, 6.45) is 1.50. The van der Waals surface area contributed by atoms with Gasteiger partial charge in [0.05, 0.1) is 16.4 Å². The van der Waals surface area contributed by atoms with Crippen molar-refractivity contribution >= 4 is 44.2 Å². The van der Waals surface area contributed by atoms with Crippen molar-refractivity contribution in [1.29, 1.82) is 0 Å². The standard InChI is InChI=1S/C22H18ClN3O3S/c1-13-7-8-16-20(9-13)30-22(24-16)25-21(28)17-10-18(27)19(11-26(17)2)29-12-14-5-3-4-6-15(14)23/h3-11H,12H2,1-2H3,(H,24,25,28). The van der Waals surface area contributed by atoms with Gasteiger partial charge in [-0.3, -0.25) is 14.9 Å². The largest absolute Gasteiger partial charge is 0.483 e. The highest BCUT2D eigenvalue weighted by atomic mass is 35.5. The number of carbonyl (C=O) groups excluding carboxylic acids is 1. The molecule has 0 unspecified atom stereocenters. The first-order chi connectivity index (χ1) is 14.4. The molecule has 4 aromatic rings. The van der Waals surface area contributed by atoms with Crippen LogP contribution in [0, 0.1) is 6.92 Å². The molecule has 152 valence electrons. The molecule has 0 saturated heterocycles. The number of halogens is 1. The van der Waals surface area contributed by atoms with Crippen LogP contribution in [0.2, 0.25) is 5.02 Å². The first kappa shape index (κ1) is 20.1. The molecule has 2 aromatic carbocycles. The van der Waals surface area contributed by atoms with E-state index in [1.807, 2.05) is 43.3 Å². The molecule has 0 aliphatic rings. The minimum Gasteiger partial charge on any atom is -0.483 e. The lowest BCUT2D eigenvalue weighted by molar-refractivity contribution is 0.101. The molecule has 0 radical (unpaired) electrons. The Morgan fingerprint density at radius 3 is 2.83 bits per heavy atom. The van der Waals surface area contributed by atoms with E-state index in [1.165, 1.54) is 23.6 Å². The Labute approximate surface area is 181 Å². The number of nitrogens with one attached hydrogen (secondary N) is 1. The maximum atomic E-state index is 12.7. The molecule has 2 aromatic heterocycles. The molecule has 30 heavy (non-hydrogen) atoms. The minimum absolute atomic E-state index is 0.143. The molecule has 2 heterocycles. The fraction of sp³-hybridized carbons (Fsp3) is 0.136. The molecule has 0 atom stereocenters. The zero-order valence-electron chi connectivity index (χ0n) is 16.3. The van der Waals surface area contributed by atoms with Gasteiger partial charge in [0.15, 0.2) is 10.9 Å². The number of rotatable bonds is 5. The summed E-state index contributed by atoms with van der Waals surface area (Å²) < 4.78 is 8.17. The Balaban J connectivity index is 1.52. The Bertz CT molecular complexity index is 1310. The summed E-state index contributed by atoms with van der Waals surface area (Å²) in [5, 5.41) is 3.82. The van der Waals surface area contributed by atoms with Crippen molar-refractivity contribution in [2.75, 3.05) is 5.32 Å². The number of thiazole rings is 1. The van der Waals surface area contributed by atoms with E-state index in [-0.39, 0.29) is 23.5 Å². The third-order valence-corrected chi connectivity index (χ3v) is 5.84. The van der Waals surface area contributed by atoms with Crippen LogP contribution < -0.4 is 15.5 Å². The van der Waals surface area contributed by atoms with Crippen molar-refractivity contribution in [1.82, 2.24) is 9.55 Å². The van der Waals surface area contributed by atoms with Gasteiger partial charge in [-0.2, -0.15) is 0 Å². The fourth-order valence-corrected chi connectivity index (χ4v) is 4.11. The number of pyridine rings is 1. The average Bonchev–Trinajstić information content (AvgIpc) is 3.10. The summed E-state index contributed by atoms with van der Waals surface area (Å²) in [4.78, 5) is 29.6. The lowest BCUT2D eigenvalue weighted by Gasteiger charge is -2.11. The van der Waals surface area contributed by atoms with Crippen LogP contribution in [-0.4, -0.2) is 15.5 Å². The molecule has 1 amide bonds. The van der Waals surface area contributed by atoms with Crippen LogP contribution in [0.1, 0.15) is 21.6 Å². The second-order valence-electron chi connectivity index (χ2n) is 6.82. The second kappa shape index (κ2) is 8.30. The third-order valence-electron chi connectivity index (χ3n) is 4.54. The number of amides is 1. The van der Waals surface area contributed by atoms with Crippen LogP contribution >= 0.6 is 22.9 Å².